The normalized spacial score (nSPS) is 16.9. The number of carbonyl (C=O) groups is 2. The molecule has 6 nitrogen and oxygen atoms in total. The first-order chi connectivity index (χ1) is 12.8. The van der Waals surface area contributed by atoms with Crippen LogP contribution in [0.15, 0.2) is 42.5 Å². The molecule has 1 saturated heterocycles. The second kappa shape index (κ2) is 7.78. The van der Waals surface area contributed by atoms with Gasteiger partial charge in [0.1, 0.15) is 18.0 Å². The summed E-state index contributed by atoms with van der Waals surface area (Å²) in [7, 11) is 0. The molecule has 0 N–H and O–H groups in total. The first-order valence-corrected chi connectivity index (χ1v) is 9.01. The molecule has 1 aliphatic heterocycles. The van der Waals surface area contributed by atoms with Crippen molar-refractivity contribution in [1.29, 1.82) is 0 Å². The number of hydrogen-bond acceptors (Lipinski definition) is 5. The third-order valence-corrected chi connectivity index (χ3v) is 4.13. The van der Waals surface area contributed by atoms with Gasteiger partial charge in [0.25, 0.3) is 0 Å². The molecule has 2 heterocycles. The topological polar surface area (TPSA) is 68.7 Å². The number of hydrogen-bond donors (Lipinski definition) is 0. The molecule has 0 unspecified atom stereocenters. The van der Waals surface area contributed by atoms with Gasteiger partial charge in [-0.1, -0.05) is 24.3 Å². The molecule has 1 fully saturated rings. The summed E-state index contributed by atoms with van der Waals surface area (Å²) in [4.78, 5) is 29.3. The zero-order chi connectivity index (χ0) is 19.4. The van der Waals surface area contributed by atoms with E-state index in [0.717, 1.165) is 24.0 Å². The Morgan fingerprint density at radius 1 is 1.22 bits per heavy atom. The van der Waals surface area contributed by atoms with Crippen molar-refractivity contribution in [2.75, 3.05) is 13.1 Å². The molecule has 1 aromatic heterocycles. The minimum absolute atomic E-state index is 0.124. The van der Waals surface area contributed by atoms with Crippen molar-refractivity contribution in [3.05, 3.63) is 48.0 Å². The molecule has 1 atom stereocenters. The van der Waals surface area contributed by atoms with E-state index in [0.29, 0.717) is 24.5 Å². The van der Waals surface area contributed by atoms with Gasteiger partial charge in [0.2, 0.25) is 5.88 Å². The lowest BCUT2D eigenvalue weighted by atomic mass is 10.1. The zero-order valence-corrected chi connectivity index (χ0v) is 15.8. The molecule has 1 aromatic carbocycles. The number of pyridine rings is 1. The summed E-state index contributed by atoms with van der Waals surface area (Å²) in [5, 5.41) is 0. The van der Waals surface area contributed by atoms with Crippen LogP contribution in [0.5, 0.6) is 5.88 Å². The number of rotatable bonds is 4. The number of aldehydes is 1. The number of benzene rings is 1. The van der Waals surface area contributed by atoms with Gasteiger partial charge in [0.15, 0.2) is 0 Å². The third kappa shape index (κ3) is 5.06. The first-order valence-electron chi connectivity index (χ1n) is 9.01. The maximum absolute atomic E-state index is 12.2. The summed E-state index contributed by atoms with van der Waals surface area (Å²) < 4.78 is 11.4. The Labute approximate surface area is 159 Å². The van der Waals surface area contributed by atoms with Crippen LogP contribution in [-0.2, 0) is 4.74 Å². The molecular weight excluding hydrogens is 344 g/mol. The van der Waals surface area contributed by atoms with Gasteiger partial charge in [-0.25, -0.2) is 9.78 Å². The van der Waals surface area contributed by atoms with Crippen LogP contribution in [0.2, 0.25) is 0 Å². The molecule has 0 saturated carbocycles. The molecule has 0 bridgehead atoms. The molecule has 6 heteroatoms. The average molecular weight is 368 g/mol. The number of aromatic nitrogens is 1. The van der Waals surface area contributed by atoms with Gasteiger partial charge in [-0.3, -0.25) is 4.79 Å². The van der Waals surface area contributed by atoms with Gasteiger partial charge < -0.3 is 14.4 Å². The predicted molar refractivity (Wildman–Crippen MR) is 102 cm³/mol. The number of carbonyl (C=O) groups excluding carboxylic acids is 2. The lowest BCUT2D eigenvalue weighted by Crippen LogP contribution is -2.36. The van der Waals surface area contributed by atoms with E-state index in [2.05, 4.69) is 4.98 Å². The van der Waals surface area contributed by atoms with Gasteiger partial charge >= 0.3 is 6.09 Å². The van der Waals surface area contributed by atoms with Crippen molar-refractivity contribution in [1.82, 2.24) is 9.88 Å². The maximum Gasteiger partial charge on any atom is 0.410 e. The fraction of sp³-hybridized carbons (Fsp3) is 0.381. The second-order valence-electron chi connectivity index (χ2n) is 7.56. The highest BCUT2D eigenvalue weighted by Crippen LogP contribution is 2.23. The van der Waals surface area contributed by atoms with Crippen LogP contribution < -0.4 is 4.74 Å². The maximum atomic E-state index is 12.2. The van der Waals surface area contributed by atoms with E-state index in [-0.39, 0.29) is 12.2 Å². The number of nitrogens with zero attached hydrogens (tertiary/aromatic N) is 2. The fourth-order valence-electron chi connectivity index (χ4n) is 2.90. The quantitative estimate of drug-likeness (QED) is 0.765. The van der Waals surface area contributed by atoms with Crippen molar-refractivity contribution in [2.45, 2.75) is 38.9 Å². The lowest BCUT2D eigenvalue weighted by Gasteiger charge is -2.24. The van der Waals surface area contributed by atoms with Crippen molar-refractivity contribution in [2.24, 2.45) is 0 Å². The minimum atomic E-state index is -0.512. The summed E-state index contributed by atoms with van der Waals surface area (Å²) in [6.45, 7) is 6.63. The van der Waals surface area contributed by atoms with Gasteiger partial charge in [-0.05, 0) is 32.9 Å². The third-order valence-electron chi connectivity index (χ3n) is 4.13. The molecule has 1 amide bonds. The highest BCUT2D eigenvalue weighted by atomic mass is 16.6. The van der Waals surface area contributed by atoms with E-state index in [1.807, 2.05) is 45.0 Å². The van der Waals surface area contributed by atoms with Crippen LogP contribution in [0.3, 0.4) is 0 Å². The van der Waals surface area contributed by atoms with E-state index < -0.39 is 5.60 Å². The molecule has 1 aliphatic rings. The second-order valence-corrected chi connectivity index (χ2v) is 7.56. The number of amides is 1. The monoisotopic (exact) mass is 368 g/mol. The van der Waals surface area contributed by atoms with Crippen LogP contribution in [0, 0.1) is 0 Å². The number of likely N-dealkylation sites (tertiary alicyclic amines) is 1. The highest BCUT2D eigenvalue weighted by molar-refractivity contribution is 5.78. The van der Waals surface area contributed by atoms with Crippen molar-refractivity contribution >= 4 is 12.4 Å². The smallest absolute Gasteiger partial charge is 0.410 e. The molecule has 2 aromatic rings. The van der Waals surface area contributed by atoms with Crippen molar-refractivity contribution in [3.63, 3.8) is 0 Å². The molecule has 3 rings (SSSR count). The molecule has 0 radical (unpaired) electrons. The summed E-state index contributed by atoms with van der Waals surface area (Å²) in [5.74, 6) is 0.500. The van der Waals surface area contributed by atoms with Gasteiger partial charge in [0.05, 0.1) is 12.2 Å². The van der Waals surface area contributed by atoms with Crippen molar-refractivity contribution < 1.29 is 19.1 Å². The fourth-order valence-corrected chi connectivity index (χ4v) is 2.90. The van der Waals surface area contributed by atoms with E-state index in [9.17, 15) is 9.59 Å². The van der Waals surface area contributed by atoms with Gasteiger partial charge in [-0.15, -0.1) is 0 Å². The summed E-state index contributed by atoms with van der Waals surface area (Å²) >= 11 is 0. The van der Waals surface area contributed by atoms with E-state index in [4.69, 9.17) is 9.47 Å². The summed E-state index contributed by atoms with van der Waals surface area (Å²) in [6.07, 6.45) is 1.10. The van der Waals surface area contributed by atoms with Gasteiger partial charge in [-0.2, -0.15) is 0 Å². The molecule has 27 heavy (non-hydrogen) atoms. The van der Waals surface area contributed by atoms with Crippen LogP contribution >= 0.6 is 0 Å². The Bertz CT molecular complexity index is 829. The lowest BCUT2D eigenvalue weighted by molar-refractivity contribution is 0.0275. The molecular formula is C21H24N2O4. The van der Waals surface area contributed by atoms with Crippen LogP contribution in [-0.4, -0.2) is 47.1 Å². The van der Waals surface area contributed by atoms with Crippen molar-refractivity contribution in [3.8, 4) is 17.1 Å². The first kappa shape index (κ1) is 18.9. The van der Waals surface area contributed by atoms with E-state index in [1.54, 1.807) is 23.1 Å². The zero-order valence-electron chi connectivity index (χ0n) is 15.8. The Balaban J connectivity index is 1.65. The standard InChI is InChI=1S/C21H24N2O4/c1-21(2,3)27-20(25)23-11-10-17(13-23)26-19-9-5-8-18(22-19)16-7-4-6-15(12-16)14-24/h4-9,12,14,17H,10-11,13H2,1-3H3/t17-/m1/s1. The van der Waals surface area contributed by atoms with Crippen LogP contribution in [0.4, 0.5) is 4.79 Å². The average Bonchev–Trinajstić information content (AvgIpc) is 3.09. The molecule has 0 aliphatic carbocycles. The Morgan fingerprint density at radius 3 is 2.74 bits per heavy atom. The van der Waals surface area contributed by atoms with E-state index in [1.165, 1.54) is 0 Å². The molecule has 0 spiro atoms. The van der Waals surface area contributed by atoms with Gasteiger partial charge in [0, 0.05) is 30.2 Å². The Hall–Kier alpha value is -2.89. The van der Waals surface area contributed by atoms with Crippen LogP contribution in [0.1, 0.15) is 37.6 Å². The minimum Gasteiger partial charge on any atom is -0.472 e. The molecule has 142 valence electrons. The van der Waals surface area contributed by atoms with Crippen LogP contribution in [0.25, 0.3) is 11.3 Å². The van der Waals surface area contributed by atoms with E-state index >= 15 is 0 Å². The Kier molecular flexibility index (Phi) is 5.44. The SMILES string of the molecule is CC(C)(C)OC(=O)N1CC[C@@H](Oc2cccc(-c3cccc(C=O)c3)n2)C1. The number of ether oxygens (including phenoxy) is 2. The largest absolute Gasteiger partial charge is 0.472 e. The highest BCUT2D eigenvalue weighted by Gasteiger charge is 2.31. The predicted octanol–water partition coefficient (Wildman–Crippen LogP) is 3.95. The summed E-state index contributed by atoms with van der Waals surface area (Å²) in [5.41, 5.74) is 1.68. The Morgan fingerprint density at radius 2 is 2.00 bits per heavy atom. The summed E-state index contributed by atoms with van der Waals surface area (Å²) in [6, 6.07) is 12.8.